The molecule has 96 valence electrons. The number of hydrogen-bond donors (Lipinski definition) is 0. The van der Waals surface area contributed by atoms with E-state index >= 15 is 0 Å². The smallest absolute Gasteiger partial charge is 0.276 e. The van der Waals surface area contributed by atoms with Gasteiger partial charge in [0.15, 0.2) is 4.96 Å². The Bertz CT molecular complexity index is 730. The average molecular weight is 271 g/mol. The fourth-order valence-electron chi connectivity index (χ4n) is 2.08. The minimum Gasteiger partial charge on any atom is -0.310 e. The first-order valence-electron chi connectivity index (χ1n) is 5.94. The second-order valence-electron chi connectivity index (χ2n) is 4.30. The summed E-state index contributed by atoms with van der Waals surface area (Å²) in [5, 5.41) is 1.93. The van der Waals surface area contributed by atoms with Crippen molar-refractivity contribution in [2.75, 3.05) is 11.9 Å². The standard InChI is InChI=1S/C14H13N3OS/c1-10-12(17-8-9-19-14(17)15-10)13(18)16(2)11-6-4-3-5-7-11/h3-9H,1-2H3. The van der Waals surface area contributed by atoms with Gasteiger partial charge < -0.3 is 4.90 Å². The van der Waals surface area contributed by atoms with Crippen molar-refractivity contribution in [2.45, 2.75) is 6.92 Å². The van der Waals surface area contributed by atoms with Crippen LogP contribution in [0.15, 0.2) is 41.9 Å². The second-order valence-corrected chi connectivity index (χ2v) is 5.17. The number of rotatable bonds is 2. The molecular formula is C14H13N3OS. The Hall–Kier alpha value is -2.14. The van der Waals surface area contributed by atoms with E-state index in [1.165, 1.54) is 11.3 Å². The van der Waals surface area contributed by atoms with Crippen molar-refractivity contribution in [3.05, 3.63) is 53.3 Å². The van der Waals surface area contributed by atoms with Gasteiger partial charge in [-0.1, -0.05) is 18.2 Å². The molecule has 5 heteroatoms. The van der Waals surface area contributed by atoms with Crippen LogP contribution in [-0.2, 0) is 0 Å². The highest BCUT2D eigenvalue weighted by atomic mass is 32.1. The summed E-state index contributed by atoms with van der Waals surface area (Å²) in [5.41, 5.74) is 2.26. The van der Waals surface area contributed by atoms with Crippen LogP contribution in [0.1, 0.15) is 16.2 Å². The van der Waals surface area contributed by atoms with E-state index in [9.17, 15) is 4.79 Å². The molecule has 0 aliphatic heterocycles. The number of nitrogens with zero attached hydrogens (tertiary/aromatic N) is 3. The summed E-state index contributed by atoms with van der Waals surface area (Å²) in [6.45, 7) is 1.87. The predicted molar refractivity (Wildman–Crippen MR) is 77.0 cm³/mol. The zero-order valence-electron chi connectivity index (χ0n) is 10.7. The summed E-state index contributed by atoms with van der Waals surface area (Å²) < 4.78 is 1.85. The first-order chi connectivity index (χ1) is 9.18. The lowest BCUT2D eigenvalue weighted by Crippen LogP contribution is -2.27. The summed E-state index contributed by atoms with van der Waals surface area (Å²) >= 11 is 1.53. The van der Waals surface area contributed by atoms with Crippen molar-refractivity contribution in [1.29, 1.82) is 0 Å². The maximum absolute atomic E-state index is 12.6. The zero-order chi connectivity index (χ0) is 13.4. The Labute approximate surface area is 114 Å². The molecule has 0 aliphatic rings. The Kier molecular flexibility index (Phi) is 2.83. The molecule has 1 aromatic carbocycles. The quantitative estimate of drug-likeness (QED) is 0.718. The van der Waals surface area contributed by atoms with Crippen LogP contribution in [0.3, 0.4) is 0 Å². The summed E-state index contributed by atoms with van der Waals surface area (Å²) in [5.74, 6) is -0.0467. The molecule has 0 radical (unpaired) electrons. The Balaban J connectivity index is 2.04. The van der Waals surface area contributed by atoms with Crippen molar-refractivity contribution in [2.24, 2.45) is 0 Å². The van der Waals surface area contributed by atoms with Gasteiger partial charge >= 0.3 is 0 Å². The van der Waals surface area contributed by atoms with Gasteiger partial charge in [-0.3, -0.25) is 9.20 Å². The lowest BCUT2D eigenvalue weighted by Gasteiger charge is -2.17. The first-order valence-corrected chi connectivity index (χ1v) is 6.81. The Morgan fingerprint density at radius 3 is 2.79 bits per heavy atom. The van der Waals surface area contributed by atoms with Gasteiger partial charge in [0.05, 0.1) is 5.69 Å². The van der Waals surface area contributed by atoms with Gasteiger partial charge in [0.25, 0.3) is 5.91 Å². The number of aromatic nitrogens is 2. The summed E-state index contributed by atoms with van der Waals surface area (Å²) in [6.07, 6.45) is 1.88. The summed E-state index contributed by atoms with van der Waals surface area (Å²) in [4.78, 5) is 19.5. The van der Waals surface area contributed by atoms with Crippen molar-refractivity contribution >= 4 is 27.9 Å². The number of carbonyl (C=O) groups is 1. The number of thiazole rings is 1. The molecule has 4 nitrogen and oxygen atoms in total. The maximum Gasteiger partial charge on any atom is 0.276 e. The number of carbonyl (C=O) groups excluding carboxylic acids is 1. The number of fused-ring (bicyclic) bond motifs is 1. The minimum atomic E-state index is -0.0467. The molecule has 0 aliphatic carbocycles. The van der Waals surface area contributed by atoms with E-state index in [2.05, 4.69) is 4.98 Å². The molecular weight excluding hydrogens is 258 g/mol. The second kappa shape index (κ2) is 4.51. The summed E-state index contributed by atoms with van der Waals surface area (Å²) in [6, 6.07) is 9.60. The van der Waals surface area contributed by atoms with Crippen molar-refractivity contribution in [3.63, 3.8) is 0 Å². The molecule has 1 amide bonds. The molecule has 0 spiro atoms. The molecule has 0 fully saturated rings. The molecule has 0 N–H and O–H groups in total. The van der Waals surface area contributed by atoms with Gasteiger partial charge in [0, 0.05) is 24.3 Å². The van der Waals surface area contributed by atoms with Crippen LogP contribution < -0.4 is 4.90 Å². The fraction of sp³-hybridized carbons (Fsp3) is 0.143. The van der Waals surface area contributed by atoms with Crippen LogP contribution in [0.4, 0.5) is 5.69 Å². The van der Waals surface area contributed by atoms with Crippen LogP contribution in [-0.4, -0.2) is 22.3 Å². The van der Waals surface area contributed by atoms with Gasteiger partial charge in [-0.2, -0.15) is 0 Å². The number of anilines is 1. The topological polar surface area (TPSA) is 37.6 Å². The van der Waals surface area contributed by atoms with Gasteiger partial charge in [-0.15, -0.1) is 11.3 Å². The molecule has 0 saturated carbocycles. The van der Waals surface area contributed by atoms with Crippen molar-refractivity contribution in [1.82, 2.24) is 9.38 Å². The minimum absolute atomic E-state index is 0.0467. The van der Waals surface area contributed by atoms with E-state index < -0.39 is 0 Å². The van der Waals surface area contributed by atoms with Crippen LogP contribution in [0.25, 0.3) is 4.96 Å². The molecule has 2 aromatic heterocycles. The van der Waals surface area contributed by atoms with Crippen LogP contribution >= 0.6 is 11.3 Å². The molecule has 19 heavy (non-hydrogen) atoms. The highest BCUT2D eigenvalue weighted by molar-refractivity contribution is 7.15. The highest BCUT2D eigenvalue weighted by Crippen LogP contribution is 2.20. The van der Waals surface area contributed by atoms with E-state index in [0.29, 0.717) is 5.69 Å². The lowest BCUT2D eigenvalue weighted by atomic mass is 10.2. The van der Waals surface area contributed by atoms with Gasteiger partial charge in [-0.25, -0.2) is 4.98 Å². The molecule has 0 unspecified atom stereocenters. The van der Waals surface area contributed by atoms with Gasteiger partial charge in [-0.05, 0) is 19.1 Å². The number of amides is 1. The highest BCUT2D eigenvalue weighted by Gasteiger charge is 2.21. The third-order valence-electron chi connectivity index (χ3n) is 3.09. The third-order valence-corrected chi connectivity index (χ3v) is 3.84. The normalized spacial score (nSPS) is 10.8. The molecule has 0 saturated heterocycles. The van der Waals surface area contributed by atoms with E-state index in [4.69, 9.17) is 0 Å². The fourth-order valence-corrected chi connectivity index (χ4v) is 2.84. The van der Waals surface area contributed by atoms with Gasteiger partial charge in [0.1, 0.15) is 5.69 Å². The largest absolute Gasteiger partial charge is 0.310 e. The van der Waals surface area contributed by atoms with E-state index in [-0.39, 0.29) is 5.91 Å². The number of aryl methyl sites for hydroxylation is 1. The number of para-hydroxylation sites is 1. The average Bonchev–Trinajstić information content (AvgIpc) is 2.98. The van der Waals surface area contributed by atoms with Crippen molar-refractivity contribution in [3.8, 4) is 0 Å². The van der Waals surface area contributed by atoms with E-state index in [1.54, 1.807) is 11.9 Å². The Morgan fingerprint density at radius 2 is 2.05 bits per heavy atom. The summed E-state index contributed by atoms with van der Waals surface area (Å²) in [7, 11) is 1.78. The Morgan fingerprint density at radius 1 is 1.32 bits per heavy atom. The van der Waals surface area contributed by atoms with Crippen LogP contribution in [0.5, 0.6) is 0 Å². The van der Waals surface area contributed by atoms with Crippen LogP contribution in [0, 0.1) is 6.92 Å². The van der Waals surface area contributed by atoms with E-state index in [1.807, 2.05) is 53.2 Å². The van der Waals surface area contributed by atoms with Gasteiger partial charge in [0.2, 0.25) is 0 Å². The SMILES string of the molecule is Cc1nc2sccn2c1C(=O)N(C)c1ccccc1. The molecule has 3 rings (SSSR count). The molecule has 0 atom stereocenters. The monoisotopic (exact) mass is 271 g/mol. The zero-order valence-corrected chi connectivity index (χ0v) is 11.5. The van der Waals surface area contributed by atoms with E-state index in [0.717, 1.165) is 16.3 Å². The molecule has 0 bridgehead atoms. The third kappa shape index (κ3) is 1.92. The number of hydrogen-bond acceptors (Lipinski definition) is 3. The predicted octanol–water partition coefficient (Wildman–Crippen LogP) is 2.98. The first kappa shape index (κ1) is 11.9. The molecule has 3 aromatic rings. The number of imidazole rings is 1. The maximum atomic E-state index is 12.6. The van der Waals surface area contributed by atoms with Crippen LogP contribution in [0.2, 0.25) is 0 Å². The van der Waals surface area contributed by atoms with Crippen molar-refractivity contribution < 1.29 is 4.79 Å². The lowest BCUT2D eigenvalue weighted by molar-refractivity contribution is 0.0987. The number of benzene rings is 1. The molecule has 2 heterocycles.